The lowest BCUT2D eigenvalue weighted by Gasteiger charge is -2.31. The van der Waals surface area contributed by atoms with Crippen LogP contribution in [-0.2, 0) is 13.1 Å². The second-order valence-corrected chi connectivity index (χ2v) is 8.39. The van der Waals surface area contributed by atoms with Gasteiger partial charge in [-0.1, -0.05) is 60.2 Å². The maximum absolute atomic E-state index is 13.7. The monoisotopic (exact) mass is 437 g/mol. The topological polar surface area (TPSA) is 46.5 Å². The van der Waals surface area contributed by atoms with Gasteiger partial charge in [-0.3, -0.25) is 0 Å². The van der Waals surface area contributed by atoms with Gasteiger partial charge in [-0.25, -0.2) is 4.79 Å². The molecular formula is C28H27N3O2. The summed E-state index contributed by atoms with van der Waals surface area (Å²) in [5.41, 5.74) is 6.55. The molecule has 5 nitrogen and oxygen atoms in total. The van der Waals surface area contributed by atoms with Gasteiger partial charge in [-0.05, 0) is 53.9 Å². The molecule has 5 rings (SSSR count). The Hall–Kier alpha value is -3.99. The van der Waals surface area contributed by atoms with Crippen molar-refractivity contribution < 1.29 is 9.53 Å². The van der Waals surface area contributed by atoms with Crippen molar-refractivity contribution in [2.45, 2.75) is 26.1 Å². The number of aryl methyl sites for hydroxylation is 1. The number of carbonyl (C=O) groups is 1. The van der Waals surface area contributed by atoms with Gasteiger partial charge in [0, 0.05) is 18.4 Å². The SMILES string of the molecule is COc1cccc(CNC(=O)N2Cc3ccccc3-n3cccc3C2c2cccc(C)c2)c1. The minimum absolute atomic E-state index is 0.103. The second kappa shape index (κ2) is 8.87. The van der Waals surface area contributed by atoms with Crippen LogP contribution in [-0.4, -0.2) is 22.6 Å². The lowest BCUT2D eigenvalue weighted by molar-refractivity contribution is 0.180. The van der Waals surface area contributed by atoms with Gasteiger partial charge >= 0.3 is 6.03 Å². The van der Waals surface area contributed by atoms with E-state index in [-0.39, 0.29) is 12.1 Å². The summed E-state index contributed by atoms with van der Waals surface area (Å²) in [6.45, 7) is 3.03. The van der Waals surface area contributed by atoms with Crippen molar-refractivity contribution in [1.29, 1.82) is 0 Å². The molecule has 1 unspecified atom stereocenters. The summed E-state index contributed by atoms with van der Waals surface area (Å²) in [4.78, 5) is 15.6. The van der Waals surface area contributed by atoms with Gasteiger partial charge in [0.15, 0.2) is 0 Å². The number of aromatic nitrogens is 1. The summed E-state index contributed by atoms with van der Waals surface area (Å²) in [7, 11) is 1.65. The molecule has 1 aliphatic rings. The van der Waals surface area contributed by atoms with Crippen LogP contribution in [0.25, 0.3) is 5.69 Å². The number of para-hydroxylation sites is 1. The van der Waals surface area contributed by atoms with Gasteiger partial charge < -0.3 is 19.5 Å². The summed E-state index contributed by atoms with van der Waals surface area (Å²) in [6, 6.07) is 28.3. The van der Waals surface area contributed by atoms with E-state index in [0.717, 1.165) is 33.8 Å². The Balaban J connectivity index is 1.54. The van der Waals surface area contributed by atoms with Crippen LogP contribution >= 0.6 is 0 Å². The van der Waals surface area contributed by atoms with E-state index in [1.807, 2.05) is 47.4 Å². The highest BCUT2D eigenvalue weighted by Gasteiger charge is 2.32. The summed E-state index contributed by atoms with van der Waals surface area (Å²) in [5.74, 6) is 0.779. The summed E-state index contributed by atoms with van der Waals surface area (Å²) in [5, 5.41) is 3.14. The minimum Gasteiger partial charge on any atom is -0.497 e. The zero-order valence-electron chi connectivity index (χ0n) is 18.9. The highest BCUT2D eigenvalue weighted by molar-refractivity contribution is 5.76. The lowest BCUT2D eigenvalue weighted by atomic mass is 10.00. The molecule has 3 aromatic carbocycles. The van der Waals surface area contributed by atoms with Crippen molar-refractivity contribution in [1.82, 2.24) is 14.8 Å². The molecule has 33 heavy (non-hydrogen) atoms. The molecule has 1 aromatic heterocycles. The Morgan fingerprint density at radius 2 is 1.85 bits per heavy atom. The summed E-state index contributed by atoms with van der Waals surface area (Å²) in [6.07, 6.45) is 2.08. The van der Waals surface area contributed by atoms with Crippen molar-refractivity contribution >= 4 is 6.03 Å². The van der Waals surface area contributed by atoms with Crippen molar-refractivity contribution in [3.63, 3.8) is 0 Å². The van der Waals surface area contributed by atoms with Crippen LogP contribution in [0.1, 0.15) is 34.0 Å². The van der Waals surface area contributed by atoms with Crippen LogP contribution in [0, 0.1) is 6.92 Å². The maximum Gasteiger partial charge on any atom is 0.318 e. The van der Waals surface area contributed by atoms with Gasteiger partial charge in [-0.15, -0.1) is 0 Å². The fraction of sp³-hybridized carbons (Fsp3) is 0.179. The number of rotatable bonds is 4. The summed E-state index contributed by atoms with van der Waals surface area (Å²) < 4.78 is 7.53. The Kier molecular flexibility index (Phi) is 5.61. The highest BCUT2D eigenvalue weighted by atomic mass is 16.5. The zero-order chi connectivity index (χ0) is 22.8. The van der Waals surface area contributed by atoms with Crippen molar-refractivity contribution in [2.75, 3.05) is 7.11 Å². The summed E-state index contributed by atoms with van der Waals surface area (Å²) >= 11 is 0. The Morgan fingerprint density at radius 3 is 2.70 bits per heavy atom. The predicted molar refractivity (Wildman–Crippen MR) is 130 cm³/mol. The average molecular weight is 438 g/mol. The molecule has 166 valence electrons. The number of fused-ring (bicyclic) bond motifs is 3. The number of ether oxygens (including phenoxy) is 1. The molecule has 0 saturated carbocycles. The van der Waals surface area contributed by atoms with Gasteiger partial charge in [-0.2, -0.15) is 0 Å². The van der Waals surface area contributed by atoms with Crippen molar-refractivity contribution in [3.8, 4) is 11.4 Å². The first-order valence-corrected chi connectivity index (χ1v) is 11.1. The highest BCUT2D eigenvalue weighted by Crippen LogP contribution is 2.36. The van der Waals surface area contributed by atoms with Crippen LogP contribution in [0.15, 0.2) is 91.1 Å². The molecule has 1 aliphatic heterocycles. The molecule has 0 fully saturated rings. The second-order valence-electron chi connectivity index (χ2n) is 8.39. The number of methoxy groups -OCH3 is 1. The molecule has 5 heteroatoms. The Morgan fingerprint density at radius 1 is 1.00 bits per heavy atom. The van der Waals surface area contributed by atoms with Crippen molar-refractivity contribution in [2.24, 2.45) is 0 Å². The van der Waals surface area contributed by atoms with Crippen LogP contribution in [0.4, 0.5) is 4.79 Å². The van der Waals surface area contributed by atoms with E-state index >= 15 is 0 Å². The third-order valence-electron chi connectivity index (χ3n) is 6.16. The third kappa shape index (κ3) is 4.10. The minimum atomic E-state index is -0.211. The van der Waals surface area contributed by atoms with Crippen LogP contribution < -0.4 is 10.1 Å². The fourth-order valence-corrected chi connectivity index (χ4v) is 4.59. The van der Waals surface area contributed by atoms with E-state index in [4.69, 9.17) is 4.74 Å². The first-order chi connectivity index (χ1) is 16.1. The number of hydrogen-bond donors (Lipinski definition) is 1. The van der Waals surface area contributed by atoms with E-state index in [1.54, 1.807) is 7.11 Å². The molecule has 2 heterocycles. The molecule has 4 aromatic rings. The first-order valence-electron chi connectivity index (χ1n) is 11.1. The molecule has 0 radical (unpaired) electrons. The van der Waals surface area contributed by atoms with Gasteiger partial charge in [0.1, 0.15) is 5.75 Å². The number of benzene rings is 3. The molecule has 2 amide bonds. The normalized spacial score (nSPS) is 14.7. The molecule has 0 saturated heterocycles. The molecule has 0 bridgehead atoms. The van der Waals surface area contributed by atoms with E-state index in [9.17, 15) is 4.79 Å². The largest absolute Gasteiger partial charge is 0.497 e. The molecule has 1 atom stereocenters. The predicted octanol–water partition coefficient (Wildman–Crippen LogP) is 5.61. The average Bonchev–Trinajstić information content (AvgIpc) is 3.27. The van der Waals surface area contributed by atoms with Gasteiger partial charge in [0.05, 0.1) is 25.4 Å². The Labute approximate surface area is 194 Å². The smallest absolute Gasteiger partial charge is 0.318 e. The standard InChI is InChI=1S/C28H27N3O2/c1-20-8-5-11-22(16-20)27-26-14-7-15-30(26)25-13-4-3-10-23(25)19-31(27)28(32)29-18-21-9-6-12-24(17-21)33-2/h3-17,27H,18-19H2,1-2H3,(H,29,32). The van der Waals surface area contributed by atoms with E-state index < -0.39 is 0 Å². The zero-order valence-corrected chi connectivity index (χ0v) is 18.9. The fourth-order valence-electron chi connectivity index (χ4n) is 4.59. The lowest BCUT2D eigenvalue weighted by Crippen LogP contribution is -2.41. The van der Waals surface area contributed by atoms with Crippen LogP contribution in [0.5, 0.6) is 5.75 Å². The molecule has 0 aliphatic carbocycles. The third-order valence-corrected chi connectivity index (χ3v) is 6.16. The van der Waals surface area contributed by atoms with E-state index in [2.05, 4.69) is 65.5 Å². The van der Waals surface area contributed by atoms with Crippen molar-refractivity contribution in [3.05, 3.63) is 119 Å². The Bertz CT molecular complexity index is 1290. The number of carbonyl (C=O) groups excluding carboxylic acids is 1. The molecule has 0 spiro atoms. The van der Waals surface area contributed by atoms with Crippen LogP contribution in [0.2, 0.25) is 0 Å². The van der Waals surface area contributed by atoms with E-state index in [0.29, 0.717) is 13.1 Å². The van der Waals surface area contributed by atoms with Gasteiger partial charge in [0.2, 0.25) is 0 Å². The number of hydrogen-bond acceptors (Lipinski definition) is 2. The number of nitrogens with zero attached hydrogens (tertiary/aromatic N) is 2. The molecule has 1 N–H and O–H groups in total. The van der Waals surface area contributed by atoms with Gasteiger partial charge in [0.25, 0.3) is 0 Å². The number of nitrogens with one attached hydrogen (secondary N) is 1. The maximum atomic E-state index is 13.7. The number of amides is 2. The molecular weight excluding hydrogens is 410 g/mol. The van der Waals surface area contributed by atoms with E-state index in [1.165, 1.54) is 5.56 Å². The van der Waals surface area contributed by atoms with Crippen LogP contribution in [0.3, 0.4) is 0 Å². The number of urea groups is 1. The quantitative estimate of drug-likeness (QED) is 0.451. The first kappa shape index (κ1) is 20.9.